The van der Waals surface area contributed by atoms with E-state index in [1.54, 1.807) is 6.07 Å². The van der Waals surface area contributed by atoms with Gasteiger partial charge in [0, 0.05) is 25.8 Å². The molecule has 0 aliphatic carbocycles. The van der Waals surface area contributed by atoms with Crippen LogP contribution >= 0.6 is 0 Å². The molecule has 1 aliphatic heterocycles. The molecule has 1 aromatic rings. The SMILES string of the molecule is CCCCN(CC(=O)N1CCCCC1)Cc1cc(C(=O)O)ccn1. The van der Waals surface area contributed by atoms with E-state index in [2.05, 4.69) is 16.8 Å². The van der Waals surface area contributed by atoms with E-state index in [0.717, 1.165) is 45.3 Å². The second kappa shape index (κ2) is 9.37. The lowest BCUT2D eigenvalue weighted by molar-refractivity contribution is -0.133. The maximum atomic E-state index is 12.5. The maximum absolute atomic E-state index is 12.5. The number of hydrogen-bond donors (Lipinski definition) is 1. The highest BCUT2D eigenvalue weighted by molar-refractivity contribution is 5.87. The van der Waals surface area contributed by atoms with E-state index in [4.69, 9.17) is 5.11 Å². The third-order valence-electron chi connectivity index (χ3n) is 4.34. The Morgan fingerprint density at radius 1 is 1.29 bits per heavy atom. The molecule has 0 unspecified atom stereocenters. The minimum Gasteiger partial charge on any atom is -0.478 e. The number of likely N-dealkylation sites (tertiary alicyclic amines) is 1. The van der Waals surface area contributed by atoms with Gasteiger partial charge in [-0.15, -0.1) is 0 Å². The standard InChI is InChI=1S/C18H27N3O3/c1-2-3-9-20(14-17(22)21-10-5-4-6-11-21)13-16-12-15(18(23)24)7-8-19-16/h7-8,12H,2-6,9-11,13-14H2,1H3,(H,23,24). The topological polar surface area (TPSA) is 73.7 Å². The maximum Gasteiger partial charge on any atom is 0.335 e. The van der Waals surface area contributed by atoms with Crippen molar-refractivity contribution in [2.75, 3.05) is 26.2 Å². The van der Waals surface area contributed by atoms with Crippen molar-refractivity contribution in [3.63, 3.8) is 0 Å². The van der Waals surface area contributed by atoms with Gasteiger partial charge in [0.05, 0.1) is 17.8 Å². The quantitative estimate of drug-likeness (QED) is 0.791. The summed E-state index contributed by atoms with van der Waals surface area (Å²) in [4.78, 5) is 31.9. The molecule has 0 bridgehead atoms. The molecule has 2 heterocycles. The molecule has 1 amide bonds. The molecule has 24 heavy (non-hydrogen) atoms. The highest BCUT2D eigenvalue weighted by atomic mass is 16.4. The van der Waals surface area contributed by atoms with Crippen molar-refractivity contribution in [1.29, 1.82) is 0 Å². The van der Waals surface area contributed by atoms with Gasteiger partial charge in [-0.3, -0.25) is 14.7 Å². The lowest BCUT2D eigenvalue weighted by Crippen LogP contribution is -2.42. The molecule has 1 saturated heterocycles. The Hall–Kier alpha value is -1.95. The van der Waals surface area contributed by atoms with Gasteiger partial charge in [-0.1, -0.05) is 13.3 Å². The molecular weight excluding hydrogens is 306 g/mol. The zero-order valence-corrected chi connectivity index (χ0v) is 14.4. The fourth-order valence-electron chi connectivity index (χ4n) is 2.96. The molecule has 0 radical (unpaired) electrons. The van der Waals surface area contributed by atoms with Gasteiger partial charge in [0.15, 0.2) is 0 Å². The van der Waals surface area contributed by atoms with Gasteiger partial charge in [0.25, 0.3) is 0 Å². The largest absolute Gasteiger partial charge is 0.478 e. The van der Waals surface area contributed by atoms with Crippen LogP contribution in [-0.2, 0) is 11.3 Å². The van der Waals surface area contributed by atoms with Crippen LogP contribution in [0, 0.1) is 0 Å². The Balaban J connectivity index is 2.00. The van der Waals surface area contributed by atoms with Gasteiger partial charge >= 0.3 is 5.97 Å². The van der Waals surface area contributed by atoms with Crippen molar-refractivity contribution < 1.29 is 14.7 Å². The molecule has 1 aliphatic rings. The summed E-state index contributed by atoms with van der Waals surface area (Å²) in [7, 11) is 0. The van der Waals surface area contributed by atoms with E-state index in [1.165, 1.54) is 18.7 Å². The lowest BCUT2D eigenvalue weighted by Gasteiger charge is -2.30. The lowest BCUT2D eigenvalue weighted by atomic mass is 10.1. The van der Waals surface area contributed by atoms with Crippen LogP contribution in [0.5, 0.6) is 0 Å². The molecule has 0 spiro atoms. The predicted molar refractivity (Wildman–Crippen MR) is 91.8 cm³/mol. The number of piperidine rings is 1. The molecule has 0 saturated carbocycles. The zero-order chi connectivity index (χ0) is 17.4. The number of carbonyl (C=O) groups excluding carboxylic acids is 1. The number of unbranched alkanes of at least 4 members (excludes halogenated alkanes) is 1. The van der Waals surface area contributed by atoms with Gasteiger partial charge < -0.3 is 10.0 Å². The third kappa shape index (κ3) is 5.60. The Morgan fingerprint density at radius 2 is 2.04 bits per heavy atom. The molecule has 0 aromatic carbocycles. The summed E-state index contributed by atoms with van der Waals surface area (Å²) in [5.74, 6) is -0.789. The molecular formula is C18H27N3O3. The Labute approximate surface area is 143 Å². The summed E-state index contributed by atoms with van der Waals surface area (Å²) in [5, 5.41) is 9.10. The summed E-state index contributed by atoms with van der Waals surface area (Å²) in [5.41, 5.74) is 0.926. The third-order valence-corrected chi connectivity index (χ3v) is 4.34. The van der Waals surface area contributed by atoms with Crippen LogP contribution in [0.1, 0.15) is 55.1 Å². The minimum absolute atomic E-state index is 0.167. The van der Waals surface area contributed by atoms with Crippen LogP contribution in [0.2, 0.25) is 0 Å². The summed E-state index contributed by atoms with van der Waals surface area (Å²) < 4.78 is 0. The number of rotatable bonds is 8. The number of carboxylic acid groups (broad SMARTS) is 1. The van der Waals surface area contributed by atoms with E-state index in [-0.39, 0.29) is 11.5 Å². The van der Waals surface area contributed by atoms with Gasteiger partial charge in [-0.2, -0.15) is 0 Å². The van der Waals surface area contributed by atoms with Crippen molar-refractivity contribution >= 4 is 11.9 Å². The van der Waals surface area contributed by atoms with Gasteiger partial charge in [0.2, 0.25) is 5.91 Å². The molecule has 132 valence electrons. The monoisotopic (exact) mass is 333 g/mol. The van der Waals surface area contributed by atoms with Crippen molar-refractivity contribution in [3.05, 3.63) is 29.6 Å². The Bertz CT molecular complexity index is 556. The van der Waals surface area contributed by atoms with Crippen LogP contribution in [0.25, 0.3) is 0 Å². The smallest absolute Gasteiger partial charge is 0.335 e. The molecule has 6 heteroatoms. The minimum atomic E-state index is -0.955. The second-order valence-corrected chi connectivity index (χ2v) is 6.35. The highest BCUT2D eigenvalue weighted by Crippen LogP contribution is 2.11. The van der Waals surface area contributed by atoms with E-state index in [0.29, 0.717) is 18.8 Å². The van der Waals surface area contributed by atoms with Crippen molar-refractivity contribution in [3.8, 4) is 0 Å². The van der Waals surface area contributed by atoms with E-state index >= 15 is 0 Å². The van der Waals surface area contributed by atoms with Gasteiger partial charge in [-0.25, -0.2) is 4.79 Å². The van der Waals surface area contributed by atoms with Gasteiger partial charge in [-0.05, 0) is 44.4 Å². The molecule has 1 fully saturated rings. The second-order valence-electron chi connectivity index (χ2n) is 6.35. The van der Waals surface area contributed by atoms with Crippen LogP contribution < -0.4 is 0 Å². The van der Waals surface area contributed by atoms with Crippen LogP contribution in [-0.4, -0.2) is 57.9 Å². The average Bonchev–Trinajstić information content (AvgIpc) is 2.60. The number of hydrogen-bond acceptors (Lipinski definition) is 4. The summed E-state index contributed by atoms with van der Waals surface area (Å²) in [6.07, 6.45) is 6.95. The molecule has 2 rings (SSSR count). The molecule has 1 aromatic heterocycles. The number of carboxylic acids is 1. The number of nitrogens with zero attached hydrogens (tertiary/aromatic N) is 3. The number of amides is 1. The number of carbonyl (C=O) groups is 2. The number of pyridine rings is 1. The van der Waals surface area contributed by atoms with Crippen LogP contribution in [0.3, 0.4) is 0 Å². The Morgan fingerprint density at radius 3 is 2.71 bits per heavy atom. The molecule has 0 atom stereocenters. The fraction of sp³-hybridized carbons (Fsp3) is 0.611. The van der Waals surface area contributed by atoms with Gasteiger partial charge in [0.1, 0.15) is 0 Å². The number of aromatic carboxylic acids is 1. The summed E-state index contributed by atoms with van der Waals surface area (Å²) >= 11 is 0. The molecule has 1 N–H and O–H groups in total. The summed E-state index contributed by atoms with van der Waals surface area (Å²) in [6, 6.07) is 3.08. The van der Waals surface area contributed by atoms with E-state index in [1.807, 2.05) is 4.90 Å². The fourth-order valence-corrected chi connectivity index (χ4v) is 2.96. The Kier molecular flexibility index (Phi) is 7.18. The van der Waals surface area contributed by atoms with E-state index in [9.17, 15) is 9.59 Å². The first kappa shape index (κ1) is 18.4. The number of aromatic nitrogens is 1. The zero-order valence-electron chi connectivity index (χ0n) is 14.4. The first-order chi connectivity index (χ1) is 11.6. The summed E-state index contributed by atoms with van der Waals surface area (Å²) in [6.45, 7) is 5.52. The van der Waals surface area contributed by atoms with Crippen LogP contribution in [0.15, 0.2) is 18.3 Å². The first-order valence-corrected chi connectivity index (χ1v) is 8.78. The predicted octanol–water partition coefficient (Wildman–Crippen LogP) is 2.39. The van der Waals surface area contributed by atoms with Crippen molar-refractivity contribution in [2.45, 2.75) is 45.6 Å². The van der Waals surface area contributed by atoms with Crippen molar-refractivity contribution in [1.82, 2.24) is 14.8 Å². The molecule has 6 nitrogen and oxygen atoms in total. The highest BCUT2D eigenvalue weighted by Gasteiger charge is 2.19. The van der Waals surface area contributed by atoms with Crippen LogP contribution in [0.4, 0.5) is 0 Å². The normalized spacial score (nSPS) is 14.8. The average molecular weight is 333 g/mol. The van der Waals surface area contributed by atoms with E-state index < -0.39 is 5.97 Å². The van der Waals surface area contributed by atoms with Crippen molar-refractivity contribution in [2.24, 2.45) is 0 Å². The first-order valence-electron chi connectivity index (χ1n) is 8.78.